The molecular weight excluding hydrogens is 282 g/mol. The Morgan fingerprint density at radius 1 is 1.14 bits per heavy atom. The van der Waals surface area contributed by atoms with E-state index in [0.29, 0.717) is 28.9 Å². The molecule has 0 fully saturated rings. The predicted molar refractivity (Wildman–Crippen MR) is 84.5 cm³/mol. The molecule has 0 aliphatic carbocycles. The maximum absolute atomic E-state index is 12.4. The van der Waals surface area contributed by atoms with Crippen molar-refractivity contribution in [2.45, 2.75) is 6.92 Å². The Bertz CT molecular complexity index is 862. The minimum atomic E-state index is -0.337. The number of aromatic amines is 2. The Morgan fingerprint density at radius 2 is 1.91 bits per heavy atom. The molecule has 3 N–H and O–H groups in total. The van der Waals surface area contributed by atoms with Crippen LogP contribution in [0, 0.1) is 0 Å². The Balaban J connectivity index is 1.85. The number of para-hydroxylation sites is 1. The van der Waals surface area contributed by atoms with E-state index in [1.54, 1.807) is 42.5 Å². The topological polar surface area (TPSA) is 87.0 Å². The highest BCUT2D eigenvalue weighted by Gasteiger charge is 2.12. The molecular formula is C16H15N3O3. The van der Waals surface area contributed by atoms with Gasteiger partial charge in [0.25, 0.3) is 5.91 Å². The summed E-state index contributed by atoms with van der Waals surface area (Å²) in [6, 6.07) is 12.2. The molecule has 6 heteroatoms. The van der Waals surface area contributed by atoms with Gasteiger partial charge in [-0.3, -0.25) is 4.79 Å². The van der Waals surface area contributed by atoms with Gasteiger partial charge in [-0.1, -0.05) is 6.07 Å². The van der Waals surface area contributed by atoms with E-state index in [0.717, 1.165) is 5.75 Å². The van der Waals surface area contributed by atoms with E-state index in [1.807, 2.05) is 6.92 Å². The fraction of sp³-hybridized carbons (Fsp3) is 0.125. The molecule has 0 aliphatic heterocycles. The van der Waals surface area contributed by atoms with Gasteiger partial charge in [0.2, 0.25) is 0 Å². The van der Waals surface area contributed by atoms with Gasteiger partial charge in [0.1, 0.15) is 5.75 Å². The van der Waals surface area contributed by atoms with Crippen LogP contribution in [0.3, 0.4) is 0 Å². The first kappa shape index (κ1) is 13.9. The fourth-order valence-corrected chi connectivity index (χ4v) is 2.25. The molecule has 0 aliphatic rings. The summed E-state index contributed by atoms with van der Waals surface area (Å²) in [4.78, 5) is 29.0. The minimum absolute atomic E-state index is 0.287. The number of fused-ring (bicyclic) bond motifs is 1. The highest BCUT2D eigenvalue weighted by molar-refractivity contribution is 6.11. The van der Waals surface area contributed by atoms with Crippen molar-refractivity contribution in [3.8, 4) is 5.75 Å². The molecule has 1 aromatic heterocycles. The number of benzene rings is 2. The highest BCUT2D eigenvalue weighted by Crippen LogP contribution is 2.18. The molecule has 22 heavy (non-hydrogen) atoms. The van der Waals surface area contributed by atoms with Gasteiger partial charge in [-0.05, 0) is 43.3 Å². The normalized spacial score (nSPS) is 10.6. The number of hydrogen-bond acceptors (Lipinski definition) is 3. The third-order valence-corrected chi connectivity index (χ3v) is 3.22. The Kier molecular flexibility index (Phi) is 3.65. The molecule has 6 nitrogen and oxygen atoms in total. The molecule has 112 valence electrons. The molecule has 1 heterocycles. The van der Waals surface area contributed by atoms with E-state index < -0.39 is 0 Å². The lowest BCUT2D eigenvalue weighted by Crippen LogP contribution is -2.12. The second kappa shape index (κ2) is 5.77. The van der Waals surface area contributed by atoms with E-state index in [1.165, 1.54) is 0 Å². The van der Waals surface area contributed by atoms with Crippen molar-refractivity contribution in [3.05, 3.63) is 58.5 Å². The van der Waals surface area contributed by atoms with Crippen LogP contribution >= 0.6 is 0 Å². The van der Waals surface area contributed by atoms with E-state index in [9.17, 15) is 9.59 Å². The average Bonchev–Trinajstić information content (AvgIpc) is 2.89. The molecule has 3 aromatic rings. The quantitative estimate of drug-likeness (QED) is 0.691. The van der Waals surface area contributed by atoms with Crippen molar-refractivity contribution in [2.75, 3.05) is 11.9 Å². The number of hydrogen-bond donors (Lipinski definition) is 3. The van der Waals surface area contributed by atoms with Crippen LogP contribution in [-0.4, -0.2) is 22.5 Å². The lowest BCUT2D eigenvalue weighted by atomic mass is 10.1. The molecule has 0 bridgehead atoms. The monoisotopic (exact) mass is 297 g/mol. The van der Waals surface area contributed by atoms with Gasteiger partial charge in [0, 0.05) is 5.69 Å². The Hall–Kier alpha value is -3.02. The largest absolute Gasteiger partial charge is 0.494 e. The molecule has 0 saturated carbocycles. The van der Waals surface area contributed by atoms with Crippen molar-refractivity contribution in [2.24, 2.45) is 0 Å². The minimum Gasteiger partial charge on any atom is -0.494 e. The highest BCUT2D eigenvalue weighted by atomic mass is 16.5. The smallest absolute Gasteiger partial charge is 0.323 e. The maximum atomic E-state index is 12.4. The summed E-state index contributed by atoms with van der Waals surface area (Å²) in [6.07, 6.45) is 0. The number of carbonyl (C=O) groups is 1. The lowest BCUT2D eigenvalue weighted by Gasteiger charge is -2.07. The van der Waals surface area contributed by atoms with Crippen LogP contribution in [0.25, 0.3) is 11.0 Å². The fourth-order valence-electron chi connectivity index (χ4n) is 2.25. The van der Waals surface area contributed by atoms with Gasteiger partial charge < -0.3 is 20.0 Å². The molecule has 0 saturated heterocycles. The maximum Gasteiger partial charge on any atom is 0.323 e. The molecule has 0 radical (unpaired) electrons. The number of aromatic nitrogens is 2. The summed E-state index contributed by atoms with van der Waals surface area (Å²) < 4.78 is 5.35. The van der Waals surface area contributed by atoms with Gasteiger partial charge in [-0.15, -0.1) is 0 Å². The first-order chi connectivity index (χ1) is 10.7. The zero-order valence-electron chi connectivity index (χ0n) is 12.0. The molecule has 0 spiro atoms. The number of ether oxygens (including phenoxy) is 1. The van der Waals surface area contributed by atoms with Gasteiger partial charge >= 0.3 is 5.69 Å². The van der Waals surface area contributed by atoms with Crippen molar-refractivity contribution in [3.63, 3.8) is 0 Å². The second-order valence-electron chi connectivity index (χ2n) is 4.72. The van der Waals surface area contributed by atoms with Gasteiger partial charge in [0.15, 0.2) is 0 Å². The van der Waals surface area contributed by atoms with Crippen LogP contribution in [0.5, 0.6) is 5.75 Å². The summed E-state index contributed by atoms with van der Waals surface area (Å²) in [7, 11) is 0. The van der Waals surface area contributed by atoms with Crippen molar-refractivity contribution >= 4 is 22.6 Å². The first-order valence-corrected chi connectivity index (χ1v) is 6.92. The van der Waals surface area contributed by atoms with Crippen LogP contribution < -0.4 is 15.7 Å². The summed E-state index contributed by atoms with van der Waals surface area (Å²) in [6.45, 7) is 2.50. The Morgan fingerprint density at radius 3 is 2.64 bits per heavy atom. The summed E-state index contributed by atoms with van der Waals surface area (Å²) >= 11 is 0. The van der Waals surface area contributed by atoms with Crippen molar-refractivity contribution < 1.29 is 9.53 Å². The first-order valence-electron chi connectivity index (χ1n) is 6.92. The summed E-state index contributed by atoms with van der Waals surface area (Å²) in [5, 5.41) is 2.80. The number of carbonyl (C=O) groups excluding carboxylic acids is 1. The number of rotatable bonds is 4. The second-order valence-corrected chi connectivity index (χ2v) is 4.72. The zero-order valence-corrected chi connectivity index (χ0v) is 12.0. The van der Waals surface area contributed by atoms with Crippen molar-refractivity contribution in [1.29, 1.82) is 0 Å². The third-order valence-electron chi connectivity index (χ3n) is 3.22. The van der Waals surface area contributed by atoms with Gasteiger partial charge in [0.05, 0.1) is 23.2 Å². The van der Waals surface area contributed by atoms with E-state index in [2.05, 4.69) is 15.3 Å². The summed E-state index contributed by atoms with van der Waals surface area (Å²) in [5.74, 6) is 0.461. The van der Waals surface area contributed by atoms with Crippen LogP contribution in [-0.2, 0) is 0 Å². The zero-order chi connectivity index (χ0) is 15.5. The molecule has 2 aromatic carbocycles. The average molecular weight is 297 g/mol. The number of anilines is 1. The van der Waals surface area contributed by atoms with Crippen molar-refractivity contribution in [1.82, 2.24) is 9.97 Å². The van der Waals surface area contributed by atoms with E-state index in [4.69, 9.17) is 4.74 Å². The summed E-state index contributed by atoms with van der Waals surface area (Å²) in [5.41, 5.74) is 1.82. The standard InChI is InChI=1S/C16H15N3O3/c1-2-22-11-8-6-10(7-9-11)17-15(20)12-4-3-5-13-14(12)19-16(21)18-13/h3-9H,2H2,1H3,(H,17,20)(H2,18,19,21). The molecule has 3 rings (SSSR count). The lowest BCUT2D eigenvalue weighted by molar-refractivity contribution is 0.102. The van der Waals surface area contributed by atoms with E-state index >= 15 is 0 Å². The van der Waals surface area contributed by atoms with Crippen LogP contribution in [0.15, 0.2) is 47.3 Å². The third kappa shape index (κ3) is 2.71. The van der Waals surface area contributed by atoms with E-state index in [-0.39, 0.29) is 11.6 Å². The number of nitrogens with one attached hydrogen (secondary N) is 3. The molecule has 0 unspecified atom stereocenters. The molecule has 1 amide bonds. The van der Waals surface area contributed by atoms with Crippen LogP contribution in [0.1, 0.15) is 17.3 Å². The molecule has 0 atom stereocenters. The number of amides is 1. The van der Waals surface area contributed by atoms with Crippen LogP contribution in [0.2, 0.25) is 0 Å². The SMILES string of the molecule is CCOc1ccc(NC(=O)c2cccc3[nH]c(=O)[nH]c23)cc1. The predicted octanol–water partition coefficient (Wildman–Crippen LogP) is 2.51. The van der Waals surface area contributed by atoms with Gasteiger partial charge in [-0.25, -0.2) is 4.79 Å². The van der Waals surface area contributed by atoms with Crippen LogP contribution in [0.4, 0.5) is 5.69 Å². The number of H-pyrrole nitrogens is 2. The Labute approximate surface area is 126 Å². The van der Waals surface area contributed by atoms with Gasteiger partial charge in [-0.2, -0.15) is 0 Å². The number of imidazole rings is 1.